The SMILES string of the molecule is NC(=O)CC(NC(=O)c1ccc(Br)cc1)c1ccc(NC2CCCCCCC2)c([N+](=O)[O-])c1. The van der Waals surface area contributed by atoms with E-state index in [-0.39, 0.29) is 18.2 Å². The Bertz CT molecular complexity index is 988. The maximum Gasteiger partial charge on any atom is 0.292 e. The zero-order valence-electron chi connectivity index (χ0n) is 18.4. The van der Waals surface area contributed by atoms with E-state index in [1.165, 1.54) is 25.3 Å². The molecular formula is C24H29BrN4O4. The molecule has 9 heteroatoms. The van der Waals surface area contributed by atoms with Gasteiger partial charge in [0.05, 0.1) is 17.4 Å². The molecule has 1 aliphatic rings. The van der Waals surface area contributed by atoms with Gasteiger partial charge in [-0.2, -0.15) is 0 Å². The van der Waals surface area contributed by atoms with Crippen molar-refractivity contribution < 1.29 is 14.5 Å². The molecule has 0 aromatic heterocycles. The molecule has 33 heavy (non-hydrogen) atoms. The summed E-state index contributed by atoms with van der Waals surface area (Å²) in [6.07, 6.45) is 7.61. The topological polar surface area (TPSA) is 127 Å². The van der Waals surface area contributed by atoms with Crippen molar-refractivity contribution in [1.29, 1.82) is 0 Å². The summed E-state index contributed by atoms with van der Waals surface area (Å²) in [4.78, 5) is 35.8. The van der Waals surface area contributed by atoms with E-state index in [4.69, 9.17) is 5.73 Å². The molecule has 0 bridgehead atoms. The second-order valence-electron chi connectivity index (χ2n) is 8.42. The third kappa shape index (κ3) is 7.28. The van der Waals surface area contributed by atoms with Crippen molar-refractivity contribution in [2.45, 2.75) is 63.5 Å². The fourth-order valence-corrected chi connectivity index (χ4v) is 4.42. The molecule has 4 N–H and O–H groups in total. The number of nitrogens with one attached hydrogen (secondary N) is 2. The molecule has 2 aromatic rings. The van der Waals surface area contributed by atoms with Gasteiger partial charge >= 0.3 is 0 Å². The number of hydrogen-bond donors (Lipinski definition) is 3. The fraction of sp³-hybridized carbons (Fsp3) is 0.417. The van der Waals surface area contributed by atoms with Crippen molar-refractivity contribution in [3.8, 4) is 0 Å². The van der Waals surface area contributed by atoms with Gasteiger partial charge in [-0.1, -0.05) is 54.1 Å². The minimum absolute atomic E-state index is 0.0816. The molecule has 0 saturated heterocycles. The van der Waals surface area contributed by atoms with Crippen molar-refractivity contribution in [3.05, 3.63) is 68.2 Å². The van der Waals surface area contributed by atoms with Gasteiger partial charge in [0.1, 0.15) is 5.69 Å². The number of rotatable bonds is 8. The van der Waals surface area contributed by atoms with Crippen LogP contribution in [0.3, 0.4) is 0 Å². The van der Waals surface area contributed by atoms with Crippen LogP contribution < -0.4 is 16.4 Å². The summed E-state index contributed by atoms with van der Waals surface area (Å²) >= 11 is 3.32. The van der Waals surface area contributed by atoms with E-state index in [1.807, 2.05) is 0 Å². The highest BCUT2D eigenvalue weighted by atomic mass is 79.9. The van der Waals surface area contributed by atoms with Crippen LogP contribution in [0.5, 0.6) is 0 Å². The van der Waals surface area contributed by atoms with Crippen LogP contribution in [0.15, 0.2) is 46.9 Å². The second kappa shape index (κ2) is 11.8. The number of carbonyl (C=O) groups is 2. The van der Waals surface area contributed by atoms with Crippen molar-refractivity contribution in [1.82, 2.24) is 5.32 Å². The molecule has 3 rings (SSSR count). The van der Waals surface area contributed by atoms with Crippen molar-refractivity contribution in [3.63, 3.8) is 0 Å². The minimum atomic E-state index is -0.784. The quantitative estimate of drug-likeness (QED) is 0.327. The average Bonchev–Trinajstić information content (AvgIpc) is 2.75. The van der Waals surface area contributed by atoms with Crippen LogP contribution in [-0.4, -0.2) is 22.8 Å². The third-order valence-corrected chi connectivity index (χ3v) is 6.43. The smallest absolute Gasteiger partial charge is 0.292 e. The Hall–Kier alpha value is -2.94. The van der Waals surface area contributed by atoms with E-state index in [2.05, 4.69) is 26.6 Å². The van der Waals surface area contributed by atoms with Crippen LogP contribution in [0.1, 0.15) is 73.3 Å². The van der Waals surface area contributed by atoms with E-state index in [1.54, 1.807) is 36.4 Å². The summed E-state index contributed by atoms with van der Waals surface area (Å²) in [7, 11) is 0. The highest BCUT2D eigenvalue weighted by Crippen LogP contribution is 2.31. The zero-order chi connectivity index (χ0) is 23.8. The van der Waals surface area contributed by atoms with E-state index >= 15 is 0 Å². The van der Waals surface area contributed by atoms with Crippen LogP contribution in [0.25, 0.3) is 0 Å². The lowest BCUT2D eigenvalue weighted by molar-refractivity contribution is -0.384. The van der Waals surface area contributed by atoms with E-state index in [0.717, 1.165) is 30.2 Å². The molecule has 2 aromatic carbocycles. The Labute approximate surface area is 201 Å². The Morgan fingerprint density at radius 2 is 1.70 bits per heavy atom. The van der Waals surface area contributed by atoms with Gasteiger partial charge in [0.2, 0.25) is 5.91 Å². The summed E-state index contributed by atoms with van der Waals surface area (Å²) < 4.78 is 0.829. The molecule has 0 heterocycles. The van der Waals surface area contributed by atoms with Gasteiger partial charge < -0.3 is 16.4 Å². The first-order chi connectivity index (χ1) is 15.8. The average molecular weight is 517 g/mol. The van der Waals surface area contributed by atoms with Gasteiger partial charge in [0.25, 0.3) is 11.6 Å². The standard InChI is InChI=1S/C24H29BrN4O4/c25-18-11-8-16(9-12-18)24(31)28-21(15-23(26)30)17-10-13-20(22(14-17)29(32)33)27-19-6-4-2-1-3-5-7-19/h8-14,19,21,27H,1-7,15H2,(H2,26,30)(H,28,31). The Morgan fingerprint density at radius 3 is 2.30 bits per heavy atom. The predicted molar refractivity (Wildman–Crippen MR) is 131 cm³/mol. The fourth-order valence-electron chi connectivity index (χ4n) is 4.16. The lowest BCUT2D eigenvalue weighted by Crippen LogP contribution is -2.32. The van der Waals surface area contributed by atoms with E-state index in [9.17, 15) is 19.7 Å². The number of benzene rings is 2. The number of anilines is 1. The summed E-state index contributed by atoms with van der Waals surface area (Å²) in [5, 5.41) is 18.0. The van der Waals surface area contributed by atoms with E-state index < -0.39 is 22.8 Å². The van der Waals surface area contributed by atoms with Gasteiger partial charge in [0.15, 0.2) is 0 Å². The summed E-state index contributed by atoms with van der Waals surface area (Å²) in [6.45, 7) is 0. The van der Waals surface area contributed by atoms with Gasteiger partial charge in [0, 0.05) is 22.1 Å². The van der Waals surface area contributed by atoms with Crippen LogP contribution in [-0.2, 0) is 4.79 Å². The number of nitrogens with two attached hydrogens (primary N) is 1. The molecule has 1 atom stereocenters. The molecule has 1 saturated carbocycles. The molecule has 176 valence electrons. The van der Waals surface area contributed by atoms with Crippen molar-refractivity contribution in [2.24, 2.45) is 5.73 Å². The molecule has 1 unspecified atom stereocenters. The van der Waals surface area contributed by atoms with Gasteiger partial charge in [-0.05, 0) is 48.7 Å². The number of amides is 2. The highest BCUT2D eigenvalue weighted by Gasteiger charge is 2.24. The summed E-state index contributed by atoms with van der Waals surface area (Å²) in [5.41, 5.74) is 6.63. The first-order valence-corrected chi connectivity index (χ1v) is 12.0. The normalized spacial score (nSPS) is 15.7. The number of carbonyl (C=O) groups excluding carboxylic acids is 2. The van der Waals surface area contributed by atoms with Crippen LogP contribution in [0.4, 0.5) is 11.4 Å². The Morgan fingerprint density at radius 1 is 1.06 bits per heavy atom. The second-order valence-corrected chi connectivity index (χ2v) is 9.34. The number of primary amides is 1. The Kier molecular flexibility index (Phi) is 8.82. The van der Waals surface area contributed by atoms with E-state index in [0.29, 0.717) is 16.8 Å². The summed E-state index contributed by atoms with van der Waals surface area (Å²) in [6, 6.07) is 10.9. The molecule has 0 spiro atoms. The lowest BCUT2D eigenvalue weighted by atomic mass is 9.96. The first-order valence-electron chi connectivity index (χ1n) is 11.2. The predicted octanol–water partition coefficient (Wildman–Crippen LogP) is 5.23. The number of hydrogen-bond acceptors (Lipinski definition) is 5. The van der Waals surface area contributed by atoms with Gasteiger partial charge in [-0.25, -0.2) is 0 Å². The molecule has 0 aliphatic heterocycles. The van der Waals surface area contributed by atoms with Crippen LogP contribution >= 0.6 is 15.9 Å². The zero-order valence-corrected chi connectivity index (χ0v) is 20.0. The molecule has 0 radical (unpaired) electrons. The van der Waals surface area contributed by atoms with Gasteiger partial charge in [-0.3, -0.25) is 19.7 Å². The molecule has 2 amide bonds. The highest BCUT2D eigenvalue weighted by molar-refractivity contribution is 9.10. The first kappa shape index (κ1) is 24.7. The number of nitrogens with zero attached hydrogens (tertiary/aromatic N) is 1. The van der Waals surface area contributed by atoms with Crippen molar-refractivity contribution in [2.75, 3.05) is 5.32 Å². The number of halogens is 1. The number of nitro benzene ring substituents is 1. The maximum absolute atomic E-state index is 12.7. The van der Waals surface area contributed by atoms with Crippen LogP contribution in [0, 0.1) is 10.1 Å². The largest absolute Gasteiger partial charge is 0.377 e. The molecular weight excluding hydrogens is 488 g/mol. The third-order valence-electron chi connectivity index (χ3n) is 5.90. The molecule has 8 nitrogen and oxygen atoms in total. The van der Waals surface area contributed by atoms with Crippen molar-refractivity contribution >= 4 is 39.1 Å². The van der Waals surface area contributed by atoms with Gasteiger partial charge in [-0.15, -0.1) is 0 Å². The molecule has 1 fully saturated rings. The number of nitro groups is 1. The lowest BCUT2D eigenvalue weighted by Gasteiger charge is -2.23. The Balaban J connectivity index is 1.83. The maximum atomic E-state index is 12.7. The minimum Gasteiger partial charge on any atom is -0.377 e. The molecule has 1 aliphatic carbocycles. The summed E-state index contributed by atoms with van der Waals surface area (Å²) in [5.74, 6) is -1.01. The monoisotopic (exact) mass is 516 g/mol. The van der Waals surface area contributed by atoms with Crippen LogP contribution in [0.2, 0.25) is 0 Å².